The van der Waals surface area contributed by atoms with Crippen LogP contribution >= 0.6 is 0 Å². The third-order valence-electron chi connectivity index (χ3n) is 3.74. The second-order valence-corrected chi connectivity index (χ2v) is 5.62. The molecule has 0 bridgehead atoms. The monoisotopic (exact) mass is 315 g/mol. The van der Waals surface area contributed by atoms with Crippen molar-refractivity contribution in [1.29, 1.82) is 0 Å². The van der Waals surface area contributed by atoms with Crippen LogP contribution in [-0.4, -0.2) is 12.8 Å². The van der Waals surface area contributed by atoms with Crippen molar-refractivity contribution in [2.45, 2.75) is 13.8 Å². The van der Waals surface area contributed by atoms with Gasteiger partial charge in [0.1, 0.15) is 5.75 Å². The largest absolute Gasteiger partial charge is 0.493 e. The van der Waals surface area contributed by atoms with Gasteiger partial charge in [-0.25, -0.2) is 0 Å². The van der Waals surface area contributed by atoms with Gasteiger partial charge in [0.2, 0.25) is 0 Å². The molecule has 2 nitrogen and oxygen atoms in total. The van der Waals surface area contributed by atoms with Crippen LogP contribution in [0.15, 0.2) is 77.8 Å². The van der Waals surface area contributed by atoms with Crippen LogP contribution in [0.2, 0.25) is 0 Å². The Morgan fingerprint density at radius 1 is 0.917 bits per heavy atom. The van der Waals surface area contributed by atoms with Crippen LogP contribution in [0.5, 0.6) is 5.75 Å². The lowest BCUT2D eigenvalue weighted by Crippen LogP contribution is -2.00. The smallest absolute Gasteiger partial charge is 0.135 e. The number of aliphatic imine (C=N–C) groups is 1. The molecule has 0 amide bonds. The Labute approximate surface area is 143 Å². The van der Waals surface area contributed by atoms with Gasteiger partial charge in [-0.2, -0.15) is 0 Å². The van der Waals surface area contributed by atoms with E-state index in [0.717, 1.165) is 28.1 Å². The molecule has 0 saturated carbocycles. The van der Waals surface area contributed by atoms with Gasteiger partial charge < -0.3 is 4.74 Å². The zero-order valence-electron chi connectivity index (χ0n) is 14.1. The van der Waals surface area contributed by atoms with Crippen LogP contribution in [0, 0.1) is 6.92 Å². The quantitative estimate of drug-likeness (QED) is 0.544. The zero-order valence-corrected chi connectivity index (χ0v) is 14.1. The Bertz CT molecular complexity index is 823. The molecular formula is C22H21NO. The molecule has 0 heterocycles. The average Bonchev–Trinajstić information content (AvgIpc) is 2.63. The third kappa shape index (κ3) is 3.72. The van der Waals surface area contributed by atoms with E-state index in [-0.39, 0.29) is 0 Å². The second kappa shape index (κ2) is 7.60. The Morgan fingerprint density at radius 2 is 1.58 bits per heavy atom. The Hall–Kier alpha value is -2.87. The zero-order chi connectivity index (χ0) is 16.8. The maximum absolute atomic E-state index is 5.97. The molecule has 3 rings (SSSR count). The lowest BCUT2D eigenvalue weighted by Gasteiger charge is -2.14. The van der Waals surface area contributed by atoms with Gasteiger partial charge in [0.15, 0.2) is 0 Å². The first-order valence-electron chi connectivity index (χ1n) is 8.20. The van der Waals surface area contributed by atoms with Gasteiger partial charge in [-0.15, -0.1) is 0 Å². The van der Waals surface area contributed by atoms with E-state index in [1.54, 1.807) is 0 Å². The third-order valence-corrected chi connectivity index (χ3v) is 3.74. The summed E-state index contributed by atoms with van der Waals surface area (Å²) in [5.41, 5.74) is 5.38. The minimum Gasteiger partial charge on any atom is -0.493 e. The summed E-state index contributed by atoms with van der Waals surface area (Å²) in [7, 11) is 0. The van der Waals surface area contributed by atoms with E-state index in [0.29, 0.717) is 6.61 Å². The van der Waals surface area contributed by atoms with Crippen LogP contribution < -0.4 is 4.74 Å². The summed E-state index contributed by atoms with van der Waals surface area (Å²) < 4.78 is 5.97. The number of para-hydroxylation sites is 1. The Kier molecular flexibility index (Phi) is 5.07. The van der Waals surface area contributed by atoms with Gasteiger partial charge in [-0.1, -0.05) is 48.5 Å². The van der Waals surface area contributed by atoms with Crippen molar-refractivity contribution in [3.63, 3.8) is 0 Å². The molecule has 0 aromatic heterocycles. The van der Waals surface area contributed by atoms with Crippen molar-refractivity contribution in [3.8, 4) is 16.9 Å². The number of benzene rings is 3. The van der Waals surface area contributed by atoms with Gasteiger partial charge in [0.25, 0.3) is 0 Å². The summed E-state index contributed by atoms with van der Waals surface area (Å²) >= 11 is 0. The number of ether oxygens (including phenoxy) is 1. The first kappa shape index (κ1) is 16.0. The summed E-state index contributed by atoms with van der Waals surface area (Å²) in [6, 6.07) is 24.6. The highest BCUT2D eigenvalue weighted by molar-refractivity contribution is 5.90. The topological polar surface area (TPSA) is 21.6 Å². The predicted octanol–water partition coefficient (Wildman–Crippen LogP) is 5.81. The lowest BCUT2D eigenvalue weighted by atomic mass is 9.99. The summed E-state index contributed by atoms with van der Waals surface area (Å²) in [5.74, 6) is 0.883. The molecule has 0 N–H and O–H groups in total. The van der Waals surface area contributed by atoms with Crippen LogP contribution in [0.1, 0.15) is 18.1 Å². The van der Waals surface area contributed by atoms with E-state index in [1.165, 1.54) is 5.56 Å². The molecule has 0 aliphatic carbocycles. The van der Waals surface area contributed by atoms with E-state index < -0.39 is 0 Å². The second-order valence-electron chi connectivity index (χ2n) is 5.62. The average molecular weight is 315 g/mol. The van der Waals surface area contributed by atoms with Crippen molar-refractivity contribution in [2.75, 3.05) is 6.61 Å². The van der Waals surface area contributed by atoms with Gasteiger partial charge in [0.05, 0.1) is 12.3 Å². The van der Waals surface area contributed by atoms with Gasteiger partial charge in [0, 0.05) is 17.3 Å². The van der Waals surface area contributed by atoms with Crippen molar-refractivity contribution < 1.29 is 4.74 Å². The van der Waals surface area contributed by atoms with Gasteiger partial charge in [-0.05, 0) is 49.2 Å². The molecule has 0 atom stereocenters. The molecule has 3 aromatic rings. The number of rotatable bonds is 5. The summed E-state index contributed by atoms with van der Waals surface area (Å²) in [4.78, 5) is 4.59. The normalized spacial score (nSPS) is 10.9. The Balaban J connectivity index is 2.08. The molecule has 3 aromatic carbocycles. The molecule has 0 fully saturated rings. The fourth-order valence-corrected chi connectivity index (χ4v) is 2.69. The standard InChI is InChI=1S/C22H21NO/c1-3-24-22-19(16-23-20-12-8-5-9-13-20)14-17(2)15-21(22)18-10-6-4-7-11-18/h4-16H,3H2,1-2H3. The Morgan fingerprint density at radius 3 is 2.25 bits per heavy atom. The lowest BCUT2D eigenvalue weighted by molar-refractivity contribution is 0.341. The fourth-order valence-electron chi connectivity index (χ4n) is 2.69. The molecule has 0 aliphatic heterocycles. The highest BCUT2D eigenvalue weighted by atomic mass is 16.5. The van der Waals surface area contributed by atoms with Gasteiger partial charge in [-0.3, -0.25) is 4.99 Å². The molecule has 0 aliphatic rings. The van der Waals surface area contributed by atoms with E-state index >= 15 is 0 Å². The molecule has 0 saturated heterocycles. The highest BCUT2D eigenvalue weighted by Gasteiger charge is 2.11. The molecule has 24 heavy (non-hydrogen) atoms. The highest BCUT2D eigenvalue weighted by Crippen LogP contribution is 2.34. The first-order chi connectivity index (χ1) is 11.8. The number of aryl methyl sites for hydroxylation is 1. The van der Waals surface area contributed by atoms with E-state index in [1.807, 2.05) is 61.7 Å². The first-order valence-corrected chi connectivity index (χ1v) is 8.20. The van der Waals surface area contributed by atoms with Crippen LogP contribution in [0.3, 0.4) is 0 Å². The predicted molar refractivity (Wildman–Crippen MR) is 101 cm³/mol. The van der Waals surface area contributed by atoms with Crippen LogP contribution in [0.25, 0.3) is 11.1 Å². The molecule has 0 radical (unpaired) electrons. The number of hydrogen-bond acceptors (Lipinski definition) is 2. The minimum absolute atomic E-state index is 0.620. The van der Waals surface area contributed by atoms with Crippen molar-refractivity contribution in [3.05, 3.63) is 83.9 Å². The summed E-state index contributed by atoms with van der Waals surface area (Å²) in [6.07, 6.45) is 1.89. The van der Waals surface area contributed by atoms with Gasteiger partial charge >= 0.3 is 0 Å². The van der Waals surface area contributed by atoms with Crippen LogP contribution in [-0.2, 0) is 0 Å². The maximum Gasteiger partial charge on any atom is 0.135 e. The van der Waals surface area contributed by atoms with E-state index in [9.17, 15) is 0 Å². The maximum atomic E-state index is 5.97. The van der Waals surface area contributed by atoms with E-state index in [2.05, 4.69) is 36.2 Å². The minimum atomic E-state index is 0.620. The number of hydrogen-bond donors (Lipinski definition) is 0. The fraction of sp³-hybridized carbons (Fsp3) is 0.136. The summed E-state index contributed by atoms with van der Waals surface area (Å²) in [6.45, 7) is 4.73. The molecular weight excluding hydrogens is 294 g/mol. The van der Waals surface area contributed by atoms with Crippen molar-refractivity contribution in [2.24, 2.45) is 4.99 Å². The van der Waals surface area contributed by atoms with Crippen molar-refractivity contribution in [1.82, 2.24) is 0 Å². The summed E-state index contributed by atoms with van der Waals surface area (Å²) in [5, 5.41) is 0. The SMILES string of the molecule is CCOc1c(C=Nc2ccccc2)cc(C)cc1-c1ccccc1. The molecule has 0 spiro atoms. The van der Waals surface area contributed by atoms with Crippen molar-refractivity contribution >= 4 is 11.9 Å². The van der Waals surface area contributed by atoms with E-state index in [4.69, 9.17) is 4.74 Å². The molecule has 120 valence electrons. The molecule has 2 heteroatoms. The van der Waals surface area contributed by atoms with Crippen LogP contribution in [0.4, 0.5) is 5.69 Å². The molecule has 0 unspecified atom stereocenters. The number of nitrogens with zero attached hydrogens (tertiary/aromatic N) is 1.